The number of ether oxygens (including phenoxy) is 2. The Labute approximate surface area is 238 Å². The summed E-state index contributed by atoms with van der Waals surface area (Å²) in [6, 6.07) is 17.4. The number of nitrogens with zero attached hydrogens (tertiary/aromatic N) is 2. The number of methoxy groups -OCH3 is 1. The number of nitrogens with one attached hydrogen (secondary N) is 2. The summed E-state index contributed by atoms with van der Waals surface area (Å²) >= 11 is 1.33. The molecule has 1 fully saturated rings. The lowest BCUT2D eigenvalue weighted by Crippen LogP contribution is -2.35. The summed E-state index contributed by atoms with van der Waals surface area (Å²) in [5.41, 5.74) is 3.66. The first kappa shape index (κ1) is 27.8. The number of fused-ring (bicyclic) bond motifs is 1. The Hall–Kier alpha value is -3.79. The Morgan fingerprint density at radius 3 is 2.48 bits per heavy atom. The maximum atomic E-state index is 13.3. The van der Waals surface area contributed by atoms with Crippen molar-refractivity contribution >= 4 is 45.5 Å². The van der Waals surface area contributed by atoms with Gasteiger partial charge in [0.15, 0.2) is 0 Å². The number of hydrogen-bond donors (Lipinski definition) is 2. The van der Waals surface area contributed by atoms with Crippen LogP contribution >= 0.6 is 11.3 Å². The van der Waals surface area contributed by atoms with Crippen molar-refractivity contribution in [1.29, 1.82) is 0 Å². The summed E-state index contributed by atoms with van der Waals surface area (Å²) in [4.78, 5) is 34.2. The number of aromatic nitrogens is 1. The third kappa shape index (κ3) is 6.17. The number of urea groups is 1. The summed E-state index contributed by atoms with van der Waals surface area (Å²) in [6.45, 7) is 10.2. The molecule has 1 aliphatic heterocycles. The lowest BCUT2D eigenvalue weighted by molar-refractivity contribution is 0.0336. The molecule has 3 heterocycles. The van der Waals surface area contributed by atoms with E-state index in [1.54, 1.807) is 0 Å². The number of morpholine rings is 1. The Bertz CT molecular complexity index is 1520. The summed E-state index contributed by atoms with van der Waals surface area (Å²) in [5.74, 6) is -0.481. The molecule has 208 valence electrons. The number of amides is 2. The second kappa shape index (κ2) is 11.8. The predicted molar refractivity (Wildman–Crippen MR) is 160 cm³/mol. The van der Waals surface area contributed by atoms with Crippen LogP contribution in [0.4, 0.5) is 16.2 Å². The Morgan fingerprint density at radius 1 is 1.02 bits per heavy atom. The minimum Gasteiger partial charge on any atom is -0.465 e. The largest absolute Gasteiger partial charge is 0.465 e. The minimum atomic E-state index is -0.481. The number of rotatable bonds is 6. The first-order valence-corrected chi connectivity index (χ1v) is 14.1. The summed E-state index contributed by atoms with van der Waals surface area (Å²) in [5, 5.41) is 7.95. The van der Waals surface area contributed by atoms with Crippen LogP contribution in [0.25, 0.3) is 21.9 Å². The maximum absolute atomic E-state index is 13.3. The van der Waals surface area contributed by atoms with Crippen molar-refractivity contribution < 1.29 is 19.1 Å². The van der Waals surface area contributed by atoms with E-state index < -0.39 is 12.0 Å². The Kier molecular flexibility index (Phi) is 8.16. The molecule has 0 aliphatic carbocycles. The zero-order valence-electron chi connectivity index (χ0n) is 23.2. The fraction of sp³-hybridized carbons (Fsp3) is 0.323. The zero-order valence-corrected chi connectivity index (χ0v) is 24.1. The molecule has 0 atom stereocenters. The molecule has 40 heavy (non-hydrogen) atoms. The number of carbonyl (C=O) groups is 2. The molecular weight excluding hydrogens is 524 g/mol. The van der Waals surface area contributed by atoms with Crippen LogP contribution in [0, 0.1) is 0 Å². The fourth-order valence-corrected chi connectivity index (χ4v) is 5.80. The molecule has 0 saturated carbocycles. The first-order valence-electron chi connectivity index (χ1n) is 13.3. The summed E-state index contributed by atoms with van der Waals surface area (Å²) in [7, 11) is 1.34. The third-order valence-corrected chi connectivity index (χ3v) is 8.41. The van der Waals surface area contributed by atoms with Gasteiger partial charge in [-0.25, -0.2) is 9.59 Å². The van der Waals surface area contributed by atoms with Crippen LogP contribution in [0.15, 0.2) is 60.8 Å². The minimum absolute atomic E-state index is 0.184. The van der Waals surface area contributed by atoms with Gasteiger partial charge in [0, 0.05) is 41.8 Å². The molecule has 2 aromatic carbocycles. The standard InChI is InChI=1S/C31H34N4O4S/c1-31(2,3)26-17-25(28(40-26)29(36)38-4)34-30(37)33-24-12-10-20-7-5-6-8-23(20)27(24)21-9-11-22(32-18-21)19-35-13-15-39-16-14-35/h5-12,17-18H,13-16,19H2,1-4H3,(H2,33,34,37). The smallest absolute Gasteiger partial charge is 0.350 e. The van der Waals surface area contributed by atoms with Crippen molar-refractivity contribution in [2.45, 2.75) is 32.7 Å². The molecule has 1 aliphatic rings. The van der Waals surface area contributed by atoms with Gasteiger partial charge in [-0.3, -0.25) is 9.88 Å². The van der Waals surface area contributed by atoms with E-state index in [0.717, 1.165) is 65.3 Å². The SMILES string of the molecule is COC(=O)c1sc(C(C)(C)C)cc1NC(=O)Nc1ccc2ccccc2c1-c1ccc(CN2CCOCC2)nc1. The highest BCUT2D eigenvalue weighted by atomic mass is 32.1. The van der Waals surface area contributed by atoms with Gasteiger partial charge in [0.25, 0.3) is 0 Å². The zero-order chi connectivity index (χ0) is 28.3. The number of carbonyl (C=O) groups excluding carboxylic acids is 2. The van der Waals surface area contributed by atoms with Gasteiger partial charge in [0.05, 0.1) is 37.4 Å². The van der Waals surface area contributed by atoms with E-state index in [0.29, 0.717) is 16.3 Å². The molecule has 9 heteroatoms. The van der Waals surface area contributed by atoms with Gasteiger partial charge >= 0.3 is 12.0 Å². The average Bonchev–Trinajstić information content (AvgIpc) is 3.38. The predicted octanol–water partition coefficient (Wildman–Crippen LogP) is 6.52. The topological polar surface area (TPSA) is 92.8 Å². The van der Waals surface area contributed by atoms with E-state index in [4.69, 9.17) is 14.5 Å². The highest BCUT2D eigenvalue weighted by molar-refractivity contribution is 7.14. The molecule has 8 nitrogen and oxygen atoms in total. The average molecular weight is 559 g/mol. The lowest BCUT2D eigenvalue weighted by atomic mass is 9.94. The third-order valence-electron chi connectivity index (χ3n) is 6.87. The molecule has 5 rings (SSSR count). The Balaban J connectivity index is 1.44. The summed E-state index contributed by atoms with van der Waals surface area (Å²) < 4.78 is 10.4. The number of anilines is 2. The van der Waals surface area contributed by atoms with Gasteiger partial charge in [0.1, 0.15) is 4.88 Å². The van der Waals surface area contributed by atoms with Gasteiger partial charge in [0.2, 0.25) is 0 Å². The van der Waals surface area contributed by atoms with Crippen molar-refractivity contribution in [1.82, 2.24) is 9.88 Å². The molecule has 2 aromatic heterocycles. The molecule has 2 amide bonds. The van der Waals surface area contributed by atoms with E-state index in [9.17, 15) is 9.59 Å². The molecule has 4 aromatic rings. The van der Waals surface area contributed by atoms with Crippen LogP contribution in [-0.4, -0.2) is 55.3 Å². The van der Waals surface area contributed by atoms with Crippen molar-refractivity contribution in [3.05, 3.63) is 76.2 Å². The van der Waals surface area contributed by atoms with Crippen LogP contribution in [0.2, 0.25) is 0 Å². The van der Waals surface area contributed by atoms with Crippen molar-refractivity contribution in [3.63, 3.8) is 0 Å². The van der Waals surface area contributed by atoms with Crippen LogP contribution in [-0.2, 0) is 21.4 Å². The van der Waals surface area contributed by atoms with Crippen molar-refractivity contribution in [3.8, 4) is 11.1 Å². The number of thiophene rings is 1. The van der Waals surface area contributed by atoms with Crippen molar-refractivity contribution in [2.24, 2.45) is 0 Å². The molecule has 0 bridgehead atoms. The second-order valence-electron chi connectivity index (χ2n) is 10.8. The molecule has 0 radical (unpaired) electrons. The molecule has 1 saturated heterocycles. The molecule has 0 unspecified atom stereocenters. The van der Waals surface area contributed by atoms with E-state index in [1.807, 2.05) is 54.7 Å². The molecule has 0 spiro atoms. The monoisotopic (exact) mass is 558 g/mol. The summed E-state index contributed by atoms with van der Waals surface area (Å²) in [6.07, 6.45) is 1.87. The number of esters is 1. The molecule has 2 N–H and O–H groups in total. The number of hydrogen-bond acceptors (Lipinski definition) is 7. The van der Waals surface area contributed by atoms with Gasteiger partial charge < -0.3 is 20.1 Å². The van der Waals surface area contributed by atoms with Gasteiger partial charge in [-0.1, -0.05) is 57.2 Å². The fourth-order valence-electron chi connectivity index (χ4n) is 4.71. The van der Waals surface area contributed by atoms with Crippen LogP contribution in [0.5, 0.6) is 0 Å². The van der Waals surface area contributed by atoms with E-state index >= 15 is 0 Å². The quantitative estimate of drug-likeness (QED) is 0.262. The van der Waals surface area contributed by atoms with Crippen molar-refractivity contribution in [2.75, 3.05) is 44.0 Å². The van der Waals surface area contributed by atoms with Crippen LogP contribution in [0.3, 0.4) is 0 Å². The normalized spacial score (nSPS) is 14.2. The maximum Gasteiger partial charge on any atom is 0.350 e. The lowest BCUT2D eigenvalue weighted by Gasteiger charge is -2.26. The number of pyridine rings is 1. The second-order valence-corrected chi connectivity index (χ2v) is 11.9. The van der Waals surface area contributed by atoms with Crippen LogP contribution < -0.4 is 10.6 Å². The number of benzene rings is 2. The van der Waals surface area contributed by atoms with Gasteiger partial charge in [-0.05, 0) is 34.4 Å². The Morgan fingerprint density at radius 2 is 1.77 bits per heavy atom. The molecular formula is C31H34N4O4S. The van der Waals surface area contributed by atoms with E-state index in [1.165, 1.54) is 18.4 Å². The highest BCUT2D eigenvalue weighted by Gasteiger charge is 2.25. The van der Waals surface area contributed by atoms with E-state index in [2.05, 4.69) is 42.4 Å². The van der Waals surface area contributed by atoms with E-state index in [-0.39, 0.29) is 5.41 Å². The highest BCUT2D eigenvalue weighted by Crippen LogP contribution is 2.37. The van der Waals surface area contributed by atoms with Gasteiger partial charge in [-0.15, -0.1) is 11.3 Å². The first-order chi connectivity index (χ1) is 19.2. The van der Waals surface area contributed by atoms with Crippen LogP contribution in [0.1, 0.15) is 41.0 Å². The van der Waals surface area contributed by atoms with Gasteiger partial charge in [-0.2, -0.15) is 0 Å².